The molecule has 164 valence electrons. The highest BCUT2D eigenvalue weighted by atomic mass is 79.9. The molecule has 1 saturated heterocycles. The molecule has 2 aliphatic rings. The molecule has 0 N–H and O–H groups in total. The second-order valence-electron chi connectivity index (χ2n) is 8.23. The van der Waals surface area contributed by atoms with Gasteiger partial charge in [0.05, 0.1) is 16.3 Å². The van der Waals surface area contributed by atoms with Crippen molar-refractivity contribution in [3.05, 3.63) is 79.8 Å². The van der Waals surface area contributed by atoms with Crippen LogP contribution in [0.3, 0.4) is 0 Å². The van der Waals surface area contributed by atoms with Crippen molar-refractivity contribution in [1.82, 2.24) is 19.7 Å². The van der Waals surface area contributed by atoms with E-state index in [1.807, 2.05) is 35.8 Å². The van der Waals surface area contributed by atoms with Crippen LogP contribution in [0.2, 0.25) is 0 Å². The largest absolute Gasteiger partial charge is 0.303 e. The topological polar surface area (TPSA) is 89.5 Å². The lowest BCUT2D eigenvalue weighted by molar-refractivity contribution is -0.384. The third-order valence-electron chi connectivity index (χ3n) is 6.09. The van der Waals surface area contributed by atoms with Crippen LogP contribution in [0.1, 0.15) is 48.6 Å². The number of nitrogens with zero attached hydrogens (tertiary/aromatic N) is 6. The maximum atomic E-state index is 11.6. The Morgan fingerprint density at radius 3 is 2.72 bits per heavy atom. The van der Waals surface area contributed by atoms with Crippen molar-refractivity contribution in [1.29, 1.82) is 0 Å². The van der Waals surface area contributed by atoms with E-state index in [4.69, 9.17) is 4.99 Å². The molecule has 8 nitrogen and oxygen atoms in total. The van der Waals surface area contributed by atoms with E-state index < -0.39 is 0 Å². The van der Waals surface area contributed by atoms with Crippen LogP contribution in [0.5, 0.6) is 0 Å². The normalized spacial score (nSPS) is 18.1. The van der Waals surface area contributed by atoms with Crippen molar-refractivity contribution >= 4 is 27.3 Å². The molecule has 0 aliphatic carbocycles. The molecule has 3 aromatic rings. The minimum atomic E-state index is -0.367. The molecule has 0 spiro atoms. The van der Waals surface area contributed by atoms with Gasteiger partial charge in [-0.15, -0.1) is 10.2 Å². The number of hydrogen-bond acceptors (Lipinski definition) is 6. The molecule has 5 rings (SSSR count). The fourth-order valence-electron chi connectivity index (χ4n) is 4.50. The van der Waals surface area contributed by atoms with Gasteiger partial charge < -0.3 is 4.90 Å². The average Bonchev–Trinajstić information content (AvgIpc) is 3.43. The Labute approximate surface area is 194 Å². The van der Waals surface area contributed by atoms with Gasteiger partial charge in [-0.05, 0) is 51.1 Å². The average molecular weight is 495 g/mol. The summed E-state index contributed by atoms with van der Waals surface area (Å²) in [5.74, 6) is 1.61. The van der Waals surface area contributed by atoms with Gasteiger partial charge in [-0.1, -0.05) is 28.1 Å². The second kappa shape index (κ2) is 8.55. The molecule has 1 unspecified atom stereocenters. The Morgan fingerprint density at radius 2 is 1.97 bits per heavy atom. The molecule has 0 saturated carbocycles. The number of nitro benzene ring substituents is 1. The van der Waals surface area contributed by atoms with Gasteiger partial charge in [-0.3, -0.25) is 19.7 Å². The first-order valence-electron chi connectivity index (χ1n) is 10.8. The van der Waals surface area contributed by atoms with E-state index in [2.05, 4.69) is 31.0 Å². The van der Waals surface area contributed by atoms with Crippen LogP contribution in [0, 0.1) is 10.1 Å². The van der Waals surface area contributed by atoms with Gasteiger partial charge in [-0.25, -0.2) is 0 Å². The van der Waals surface area contributed by atoms with Gasteiger partial charge in [0.15, 0.2) is 5.82 Å². The summed E-state index contributed by atoms with van der Waals surface area (Å²) < 4.78 is 2.97. The number of hydrogen-bond donors (Lipinski definition) is 0. The third kappa shape index (κ3) is 3.86. The number of rotatable bonds is 5. The van der Waals surface area contributed by atoms with E-state index in [9.17, 15) is 10.1 Å². The first-order valence-corrected chi connectivity index (χ1v) is 11.6. The quantitative estimate of drug-likeness (QED) is 0.385. The Kier molecular flexibility index (Phi) is 5.60. The summed E-state index contributed by atoms with van der Waals surface area (Å²) in [5, 5.41) is 20.6. The summed E-state index contributed by atoms with van der Waals surface area (Å²) in [5.41, 5.74) is 3.19. The van der Waals surface area contributed by atoms with Gasteiger partial charge in [-0.2, -0.15) is 0 Å². The van der Waals surface area contributed by atoms with Gasteiger partial charge >= 0.3 is 0 Å². The lowest BCUT2D eigenvalue weighted by atomic mass is 9.99. The molecular weight excluding hydrogens is 472 g/mol. The minimum absolute atomic E-state index is 0.0363. The van der Waals surface area contributed by atoms with E-state index in [1.54, 1.807) is 18.2 Å². The summed E-state index contributed by atoms with van der Waals surface area (Å²) in [4.78, 5) is 18.6. The van der Waals surface area contributed by atoms with Crippen LogP contribution >= 0.6 is 15.9 Å². The summed E-state index contributed by atoms with van der Waals surface area (Å²) in [7, 11) is 0. The van der Waals surface area contributed by atoms with Crippen LogP contribution in [0.25, 0.3) is 5.69 Å². The SMILES string of the molecule is CC1N=C(c2cccc(Br)c2)c2cc([N+](=O)[O-])ccc2-n2c(CCN3CCCC3)nnc21. The third-order valence-corrected chi connectivity index (χ3v) is 6.58. The molecule has 9 heteroatoms. The first kappa shape index (κ1) is 21.0. The van der Waals surface area contributed by atoms with Gasteiger partial charge in [0.1, 0.15) is 11.9 Å². The van der Waals surface area contributed by atoms with E-state index in [-0.39, 0.29) is 16.7 Å². The number of nitro groups is 1. The predicted molar refractivity (Wildman–Crippen MR) is 126 cm³/mol. The van der Waals surface area contributed by atoms with Crippen LogP contribution in [-0.4, -0.2) is 49.9 Å². The van der Waals surface area contributed by atoms with Crippen molar-refractivity contribution in [2.75, 3.05) is 19.6 Å². The highest BCUT2D eigenvalue weighted by Crippen LogP contribution is 2.33. The monoisotopic (exact) mass is 494 g/mol. The molecule has 0 amide bonds. The summed E-state index contributed by atoms with van der Waals surface area (Å²) in [6.45, 7) is 5.16. The number of benzene rings is 2. The lowest BCUT2D eigenvalue weighted by Crippen LogP contribution is -2.23. The molecule has 0 radical (unpaired) electrons. The summed E-state index contributed by atoms with van der Waals surface area (Å²) in [6.07, 6.45) is 3.25. The number of halogens is 1. The number of aliphatic imine (C=N–C) groups is 1. The molecule has 1 fully saturated rings. The Morgan fingerprint density at radius 1 is 1.16 bits per heavy atom. The lowest BCUT2D eigenvalue weighted by Gasteiger charge is -2.16. The predicted octanol–water partition coefficient (Wildman–Crippen LogP) is 4.49. The molecule has 2 aliphatic heterocycles. The Hall–Kier alpha value is -2.91. The zero-order valence-corrected chi connectivity index (χ0v) is 19.3. The van der Waals surface area contributed by atoms with E-state index in [0.717, 1.165) is 53.4 Å². The van der Waals surface area contributed by atoms with E-state index in [0.29, 0.717) is 11.3 Å². The van der Waals surface area contributed by atoms with Crippen molar-refractivity contribution in [2.45, 2.75) is 32.2 Å². The number of likely N-dealkylation sites (tertiary alicyclic amines) is 1. The van der Waals surface area contributed by atoms with Gasteiger partial charge in [0.2, 0.25) is 0 Å². The smallest absolute Gasteiger partial charge is 0.270 e. The molecule has 3 heterocycles. The fraction of sp³-hybridized carbons (Fsp3) is 0.348. The number of aromatic nitrogens is 3. The maximum absolute atomic E-state index is 11.6. The van der Waals surface area contributed by atoms with Gasteiger partial charge in [0.25, 0.3) is 5.69 Å². The van der Waals surface area contributed by atoms with Crippen molar-refractivity contribution in [3.8, 4) is 5.69 Å². The first-order chi connectivity index (χ1) is 15.5. The van der Waals surface area contributed by atoms with Crippen LogP contribution in [-0.2, 0) is 6.42 Å². The molecule has 1 atom stereocenters. The van der Waals surface area contributed by atoms with E-state index in [1.165, 1.54) is 12.8 Å². The maximum Gasteiger partial charge on any atom is 0.270 e. The number of fused-ring (bicyclic) bond motifs is 3. The highest BCUT2D eigenvalue weighted by molar-refractivity contribution is 9.10. The Bertz CT molecular complexity index is 1210. The molecule has 1 aromatic heterocycles. The van der Waals surface area contributed by atoms with E-state index >= 15 is 0 Å². The summed E-state index contributed by atoms with van der Waals surface area (Å²) in [6, 6.07) is 12.5. The van der Waals surface area contributed by atoms with Crippen LogP contribution < -0.4 is 0 Å². The molecule has 2 aromatic carbocycles. The van der Waals surface area contributed by atoms with Crippen molar-refractivity contribution in [2.24, 2.45) is 4.99 Å². The minimum Gasteiger partial charge on any atom is -0.303 e. The molecule has 0 bridgehead atoms. The highest BCUT2D eigenvalue weighted by Gasteiger charge is 2.28. The molecule has 32 heavy (non-hydrogen) atoms. The summed E-state index contributed by atoms with van der Waals surface area (Å²) >= 11 is 3.53. The zero-order valence-electron chi connectivity index (χ0n) is 17.7. The standard InChI is InChI=1S/C23H23BrN6O2/c1-15-23-27-26-21(9-12-28-10-2-3-11-28)29(23)20-8-7-18(30(31)32)14-19(20)22(25-15)16-5-4-6-17(24)13-16/h4-8,13-15H,2-3,9-12H2,1H3. The van der Waals surface area contributed by atoms with Gasteiger partial charge in [0, 0.05) is 40.7 Å². The Balaban J connectivity index is 1.65. The molecular formula is C23H23BrN6O2. The van der Waals surface area contributed by atoms with Crippen LogP contribution in [0.15, 0.2) is 51.9 Å². The zero-order chi connectivity index (χ0) is 22.2. The van der Waals surface area contributed by atoms with Crippen molar-refractivity contribution in [3.63, 3.8) is 0 Å². The van der Waals surface area contributed by atoms with Crippen molar-refractivity contribution < 1.29 is 4.92 Å². The van der Waals surface area contributed by atoms with Crippen LogP contribution in [0.4, 0.5) is 5.69 Å². The second-order valence-corrected chi connectivity index (χ2v) is 9.15. The number of non-ortho nitro benzene ring substituents is 1. The fourth-order valence-corrected chi connectivity index (χ4v) is 4.90.